The molecule has 0 aliphatic carbocycles. The highest BCUT2D eigenvalue weighted by atomic mass is 32.2. The number of carbonyl (C=O) groups is 7. The van der Waals surface area contributed by atoms with Crippen LogP contribution < -0.4 is 0 Å². The van der Waals surface area contributed by atoms with Gasteiger partial charge in [-0.2, -0.15) is 0 Å². The largest absolute Gasteiger partial charge is 0.480 e. The van der Waals surface area contributed by atoms with E-state index in [-0.39, 0.29) is 16.8 Å². The number of hydrogen-bond donors (Lipinski definition) is 3. The number of hydrogen-bond acceptors (Lipinski definition) is 13. The number of ether oxygens (including phenoxy) is 2. The van der Waals surface area contributed by atoms with E-state index in [2.05, 4.69) is 4.74 Å². The number of carboxylic acids is 1. The second-order valence-corrected chi connectivity index (χ2v) is 14.3. The predicted molar refractivity (Wildman–Crippen MR) is 185 cm³/mol. The van der Waals surface area contributed by atoms with Crippen molar-refractivity contribution in [1.82, 2.24) is 9.80 Å². The Morgan fingerprint density at radius 3 is 1.43 bits per heavy atom. The maximum Gasteiger partial charge on any atom is 0.328 e. The second kappa shape index (κ2) is 18.8. The molecule has 2 heterocycles. The maximum absolute atomic E-state index is 12.7. The van der Waals surface area contributed by atoms with Crippen LogP contribution in [0.15, 0.2) is 70.5 Å². The molecule has 2 aliphatic rings. The van der Waals surface area contributed by atoms with E-state index in [0.29, 0.717) is 0 Å². The molecule has 2 aliphatic heterocycles. The van der Waals surface area contributed by atoms with Gasteiger partial charge in [-0.25, -0.2) is 0 Å². The van der Waals surface area contributed by atoms with Crippen LogP contribution in [0.2, 0.25) is 0 Å². The van der Waals surface area contributed by atoms with E-state index in [1.165, 1.54) is 25.7 Å². The predicted octanol–water partition coefficient (Wildman–Crippen LogP) is 2.45. The van der Waals surface area contributed by atoms with Gasteiger partial charge in [0.2, 0.25) is 18.6 Å². The van der Waals surface area contributed by atoms with E-state index in [4.69, 9.17) is 9.84 Å². The Kier molecular flexibility index (Phi) is 15.2. The highest BCUT2D eigenvalue weighted by Gasteiger charge is 2.55. The summed E-state index contributed by atoms with van der Waals surface area (Å²) in [6.45, 7) is 6.08. The normalized spacial score (nSPS) is 21.8. The molecule has 16 heteroatoms. The van der Waals surface area contributed by atoms with Crippen LogP contribution in [0.3, 0.4) is 0 Å². The third-order valence-corrected chi connectivity index (χ3v) is 10.6. The van der Waals surface area contributed by atoms with Crippen LogP contribution >= 0.6 is 23.5 Å². The summed E-state index contributed by atoms with van der Waals surface area (Å²) in [5.74, 6) is -6.02. The molecule has 0 saturated carbocycles. The highest BCUT2D eigenvalue weighted by molar-refractivity contribution is 8.14. The maximum atomic E-state index is 12.7. The van der Waals surface area contributed by atoms with E-state index in [0.717, 1.165) is 38.2 Å². The first-order valence-corrected chi connectivity index (χ1v) is 17.7. The SMILES string of the molecule is CC(=O)OCOC(=O)CN1C(=O)[C@H]([C@@H](C)O)[C@H]1[C@@H](C)C(=O)Sc1ccccc1.C[C@@H](O)[C@H]1C(=O)N(CC(=O)O)[C@@H]1[C@@H](C)C(=O)Sc1ccccc1. The van der Waals surface area contributed by atoms with E-state index in [9.17, 15) is 43.8 Å². The minimum Gasteiger partial charge on any atom is -0.480 e. The zero-order chi connectivity index (χ0) is 38.0. The number of β-lactam (4-membered cyclic amide) rings is 2. The molecule has 2 amide bonds. The first-order chi connectivity index (χ1) is 24.0. The number of aliphatic hydroxyl groups is 2. The van der Waals surface area contributed by atoms with Crippen molar-refractivity contribution < 1.29 is 58.4 Å². The third-order valence-electron chi connectivity index (χ3n) is 8.41. The van der Waals surface area contributed by atoms with Crippen molar-refractivity contribution in [2.45, 2.75) is 68.7 Å². The first kappa shape index (κ1) is 41.2. The summed E-state index contributed by atoms with van der Waals surface area (Å²) < 4.78 is 9.29. The lowest BCUT2D eigenvalue weighted by atomic mass is 9.77. The van der Waals surface area contributed by atoms with Crippen molar-refractivity contribution in [1.29, 1.82) is 0 Å². The molecular formula is C35H42N2O12S2. The number of aliphatic hydroxyl groups excluding tert-OH is 2. The molecule has 8 atom stereocenters. The minimum atomic E-state index is -1.14. The summed E-state index contributed by atoms with van der Waals surface area (Å²) >= 11 is 2.11. The second-order valence-electron chi connectivity index (χ2n) is 12.2. The zero-order valence-corrected chi connectivity index (χ0v) is 30.4. The molecule has 4 rings (SSSR count). The third kappa shape index (κ3) is 10.9. The topological polar surface area (TPSA) is 205 Å². The number of nitrogens with zero attached hydrogens (tertiary/aromatic N) is 2. The first-order valence-electron chi connectivity index (χ1n) is 16.1. The molecular weight excluding hydrogens is 705 g/mol. The van der Waals surface area contributed by atoms with Gasteiger partial charge in [-0.15, -0.1) is 0 Å². The molecule has 2 aromatic rings. The van der Waals surface area contributed by atoms with Gasteiger partial charge in [0.1, 0.15) is 13.1 Å². The van der Waals surface area contributed by atoms with Gasteiger partial charge in [-0.3, -0.25) is 33.6 Å². The number of esters is 2. The van der Waals surface area contributed by atoms with Crippen molar-refractivity contribution in [3.63, 3.8) is 0 Å². The molecule has 3 N–H and O–H groups in total. The van der Waals surface area contributed by atoms with Crippen LogP contribution in [0, 0.1) is 23.7 Å². The number of aliphatic carboxylic acids is 1. The summed E-state index contributed by atoms with van der Waals surface area (Å²) in [5.41, 5.74) is 0. The molecule has 2 saturated heterocycles. The van der Waals surface area contributed by atoms with Crippen LogP contribution in [0.4, 0.5) is 0 Å². The van der Waals surface area contributed by atoms with Crippen LogP contribution in [0.5, 0.6) is 0 Å². The fourth-order valence-electron chi connectivity index (χ4n) is 5.89. The Morgan fingerprint density at radius 2 is 1.08 bits per heavy atom. The average molecular weight is 747 g/mol. The van der Waals surface area contributed by atoms with E-state index < -0.39 is 91.0 Å². The van der Waals surface area contributed by atoms with Crippen LogP contribution in [-0.4, -0.2) is 109 Å². The summed E-state index contributed by atoms with van der Waals surface area (Å²) in [5, 5.41) is 28.3. The molecule has 2 aromatic carbocycles. The van der Waals surface area contributed by atoms with Gasteiger partial charge in [-0.1, -0.05) is 73.8 Å². The van der Waals surface area contributed by atoms with Gasteiger partial charge in [-0.05, 0) is 38.1 Å². The molecule has 0 aromatic heterocycles. The number of rotatable bonds is 14. The van der Waals surface area contributed by atoms with E-state index >= 15 is 0 Å². The van der Waals surface area contributed by atoms with Crippen LogP contribution in [0.1, 0.15) is 34.6 Å². The smallest absolute Gasteiger partial charge is 0.328 e. The van der Waals surface area contributed by atoms with Crippen molar-refractivity contribution in [3.8, 4) is 0 Å². The highest BCUT2D eigenvalue weighted by Crippen LogP contribution is 2.39. The van der Waals surface area contributed by atoms with E-state index in [1.54, 1.807) is 26.0 Å². The van der Waals surface area contributed by atoms with Crippen molar-refractivity contribution >= 4 is 63.5 Å². The van der Waals surface area contributed by atoms with Gasteiger partial charge in [0, 0.05) is 28.6 Å². The average Bonchev–Trinajstić information content (AvgIpc) is 3.07. The van der Waals surface area contributed by atoms with Gasteiger partial charge >= 0.3 is 17.9 Å². The quantitative estimate of drug-likeness (QED) is 0.110. The molecule has 51 heavy (non-hydrogen) atoms. The molecule has 276 valence electrons. The van der Waals surface area contributed by atoms with E-state index in [1.807, 2.05) is 48.5 Å². The Morgan fingerprint density at radius 1 is 0.686 bits per heavy atom. The molecule has 0 radical (unpaired) electrons. The molecule has 0 bridgehead atoms. The lowest BCUT2D eigenvalue weighted by Gasteiger charge is -2.50. The Hall–Kier alpha value is -4.25. The van der Waals surface area contributed by atoms with Crippen molar-refractivity contribution in [2.75, 3.05) is 19.9 Å². The lowest BCUT2D eigenvalue weighted by Crippen LogP contribution is -2.68. The Balaban J connectivity index is 0.000000281. The number of carboxylic acid groups (broad SMARTS) is 1. The van der Waals surface area contributed by atoms with Crippen LogP contribution in [-0.2, 0) is 43.0 Å². The monoisotopic (exact) mass is 746 g/mol. The number of likely N-dealkylation sites (tertiary alicyclic amines) is 2. The summed E-state index contributed by atoms with van der Waals surface area (Å²) in [7, 11) is 0. The number of amides is 2. The Bertz CT molecular complexity index is 1570. The zero-order valence-electron chi connectivity index (χ0n) is 28.7. The fraction of sp³-hybridized carbons (Fsp3) is 0.457. The minimum absolute atomic E-state index is 0.158. The summed E-state index contributed by atoms with van der Waals surface area (Å²) in [6.07, 6.45) is -1.88. The molecule has 0 spiro atoms. The molecule has 14 nitrogen and oxygen atoms in total. The lowest BCUT2D eigenvalue weighted by molar-refractivity contribution is -0.180. The number of carbonyl (C=O) groups excluding carboxylic acids is 6. The van der Waals surface area contributed by atoms with Crippen LogP contribution in [0.25, 0.3) is 0 Å². The van der Waals surface area contributed by atoms with Gasteiger partial charge in [0.05, 0.1) is 36.1 Å². The van der Waals surface area contributed by atoms with Gasteiger partial charge in [0.25, 0.3) is 0 Å². The van der Waals surface area contributed by atoms with Crippen molar-refractivity contribution in [2.24, 2.45) is 23.7 Å². The Labute approximate surface area is 303 Å². The molecule has 2 fully saturated rings. The standard InChI is InChI=1S/C19H23NO7S.C16H19NO5S/c1-11(19(25)28-14-7-5-4-6-8-14)17-16(12(2)21)18(24)20(17)9-15(23)27-10-26-13(3)22;1-9(16(22)23-11-6-4-3-5-7-11)14-13(10(2)18)15(21)17(14)8-12(19)20/h4-8,11-12,16-17,21H,9-10H2,1-3H3;3-7,9-10,13-14,18H,8H2,1-2H3,(H,19,20)/t11-,12-,16-,17-;9-,10-,13-,14-/m11/s1. The van der Waals surface area contributed by atoms with Gasteiger partial charge < -0.3 is 34.6 Å². The number of benzene rings is 2. The molecule has 0 unspecified atom stereocenters. The summed E-state index contributed by atoms with van der Waals surface area (Å²) in [6, 6.07) is 17.0. The van der Waals surface area contributed by atoms with Gasteiger partial charge in [0.15, 0.2) is 10.2 Å². The van der Waals surface area contributed by atoms with Crippen molar-refractivity contribution in [3.05, 3.63) is 60.7 Å². The number of thioether (sulfide) groups is 2. The summed E-state index contributed by atoms with van der Waals surface area (Å²) in [4.78, 5) is 87.0. The fourth-order valence-corrected chi connectivity index (χ4v) is 7.59.